The molecule has 2 N–H and O–H groups in total. The molecule has 1 saturated heterocycles. The SMILES string of the molecule is O=C(NCc1cccc(F)c1)c1ccc(S(=O)(=O)NCC2CCCO2)cc1. The summed E-state index contributed by atoms with van der Waals surface area (Å²) in [6.07, 6.45) is 1.69. The highest BCUT2D eigenvalue weighted by Gasteiger charge is 2.20. The highest BCUT2D eigenvalue weighted by molar-refractivity contribution is 7.89. The molecule has 144 valence electrons. The van der Waals surface area contributed by atoms with Gasteiger partial charge in [-0.25, -0.2) is 17.5 Å². The number of benzene rings is 2. The number of nitrogens with one attached hydrogen (secondary N) is 2. The lowest BCUT2D eigenvalue weighted by Gasteiger charge is -2.12. The number of amides is 1. The normalized spacial score (nSPS) is 17.0. The van der Waals surface area contributed by atoms with Gasteiger partial charge in [0.25, 0.3) is 5.91 Å². The lowest BCUT2D eigenvalue weighted by Crippen LogP contribution is -2.31. The van der Waals surface area contributed by atoms with Crippen LogP contribution in [0.1, 0.15) is 28.8 Å². The molecule has 1 heterocycles. The van der Waals surface area contributed by atoms with Crippen molar-refractivity contribution in [1.29, 1.82) is 0 Å². The van der Waals surface area contributed by atoms with Crippen molar-refractivity contribution in [3.8, 4) is 0 Å². The van der Waals surface area contributed by atoms with E-state index in [-0.39, 0.29) is 35.8 Å². The van der Waals surface area contributed by atoms with E-state index in [0.29, 0.717) is 17.7 Å². The Bertz CT molecular complexity index is 894. The molecular formula is C19H21FN2O4S. The maximum atomic E-state index is 13.1. The third-order valence-electron chi connectivity index (χ3n) is 4.29. The molecule has 27 heavy (non-hydrogen) atoms. The molecule has 2 aromatic rings. The molecule has 8 heteroatoms. The molecular weight excluding hydrogens is 371 g/mol. The van der Waals surface area contributed by atoms with Crippen molar-refractivity contribution in [2.45, 2.75) is 30.4 Å². The molecule has 0 spiro atoms. The van der Waals surface area contributed by atoms with Crippen LogP contribution in [0.2, 0.25) is 0 Å². The molecule has 0 aromatic heterocycles. The van der Waals surface area contributed by atoms with Crippen LogP contribution >= 0.6 is 0 Å². The summed E-state index contributed by atoms with van der Waals surface area (Å²) >= 11 is 0. The second-order valence-electron chi connectivity index (χ2n) is 6.32. The van der Waals surface area contributed by atoms with Gasteiger partial charge in [0.2, 0.25) is 10.0 Å². The topological polar surface area (TPSA) is 84.5 Å². The number of carbonyl (C=O) groups is 1. The van der Waals surface area contributed by atoms with E-state index in [1.807, 2.05) is 0 Å². The average molecular weight is 392 g/mol. The first-order valence-electron chi connectivity index (χ1n) is 8.68. The van der Waals surface area contributed by atoms with Crippen molar-refractivity contribution in [3.63, 3.8) is 0 Å². The molecule has 0 bridgehead atoms. The Balaban J connectivity index is 1.57. The highest BCUT2D eigenvalue weighted by atomic mass is 32.2. The van der Waals surface area contributed by atoms with E-state index >= 15 is 0 Å². The summed E-state index contributed by atoms with van der Waals surface area (Å²) in [7, 11) is -3.65. The lowest BCUT2D eigenvalue weighted by molar-refractivity contribution is 0.0950. The van der Waals surface area contributed by atoms with E-state index in [4.69, 9.17) is 4.74 Å². The molecule has 6 nitrogen and oxygen atoms in total. The van der Waals surface area contributed by atoms with Crippen LogP contribution in [-0.2, 0) is 21.3 Å². The molecule has 1 unspecified atom stereocenters. The van der Waals surface area contributed by atoms with Crippen molar-refractivity contribution in [2.75, 3.05) is 13.2 Å². The predicted molar refractivity (Wildman–Crippen MR) is 98.2 cm³/mol. The summed E-state index contributed by atoms with van der Waals surface area (Å²) in [5, 5.41) is 2.68. The predicted octanol–water partition coefficient (Wildman–Crippen LogP) is 2.21. The van der Waals surface area contributed by atoms with E-state index < -0.39 is 10.0 Å². The van der Waals surface area contributed by atoms with Crippen LogP contribution in [0.5, 0.6) is 0 Å². The van der Waals surface area contributed by atoms with Gasteiger partial charge in [-0.2, -0.15) is 0 Å². The quantitative estimate of drug-likeness (QED) is 0.757. The summed E-state index contributed by atoms with van der Waals surface area (Å²) in [6.45, 7) is 1.07. The minimum atomic E-state index is -3.65. The number of rotatable bonds is 7. The summed E-state index contributed by atoms with van der Waals surface area (Å²) in [5.74, 6) is -0.734. The van der Waals surface area contributed by atoms with E-state index in [2.05, 4.69) is 10.0 Å². The second-order valence-corrected chi connectivity index (χ2v) is 8.09. The molecule has 0 radical (unpaired) electrons. The fourth-order valence-electron chi connectivity index (χ4n) is 2.81. The van der Waals surface area contributed by atoms with E-state index in [1.54, 1.807) is 12.1 Å². The standard InChI is InChI=1S/C19H21FN2O4S/c20-16-4-1-3-14(11-16)12-21-19(23)15-6-8-18(9-7-15)27(24,25)22-13-17-5-2-10-26-17/h1,3-4,6-9,11,17,22H,2,5,10,12-13H2,(H,21,23). The van der Waals surface area contributed by atoms with Crippen LogP contribution in [0.3, 0.4) is 0 Å². The number of ether oxygens (including phenoxy) is 1. The van der Waals surface area contributed by atoms with E-state index in [0.717, 1.165) is 12.8 Å². The van der Waals surface area contributed by atoms with Gasteiger partial charge in [-0.1, -0.05) is 12.1 Å². The van der Waals surface area contributed by atoms with Crippen molar-refractivity contribution in [1.82, 2.24) is 10.0 Å². The molecule has 1 aliphatic heterocycles. The molecule has 1 fully saturated rings. The summed E-state index contributed by atoms with van der Waals surface area (Å²) < 4.78 is 45.7. The van der Waals surface area contributed by atoms with E-state index in [9.17, 15) is 17.6 Å². The van der Waals surface area contributed by atoms with Crippen molar-refractivity contribution >= 4 is 15.9 Å². The Morgan fingerprint density at radius 1 is 1.19 bits per heavy atom. The second kappa shape index (κ2) is 8.60. The molecule has 0 saturated carbocycles. The average Bonchev–Trinajstić information content (AvgIpc) is 3.18. The van der Waals surface area contributed by atoms with Gasteiger partial charge >= 0.3 is 0 Å². The Morgan fingerprint density at radius 2 is 1.96 bits per heavy atom. The largest absolute Gasteiger partial charge is 0.377 e. The smallest absolute Gasteiger partial charge is 0.251 e. The number of hydrogen-bond acceptors (Lipinski definition) is 4. The molecule has 1 atom stereocenters. The molecule has 3 rings (SSSR count). The zero-order valence-corrected chi connectivity index (χ0v) is 15.5. The molecule has 0 aliphatic carbocycles. The molecule has 1 aliphatic rings. The van der Waals surface area contributed by atoms with Crippen molar-refractivity contribution < 1.29 is 22.3 Å². The Kier molecular flexibility index (Phi) is 6.20. The van der Waals surface area contributed by atoms with Crippen LogP contribution in [-0.4, -0.2) is 33.6 Å². The third-order valence-corrected chi connectivity index (χ3v) is 5.73. The maximum Gasteiger partial charge on any atom is 0.251 e. The Hall–Kier alpha value is -2.29. The minimum Gasteiger partial charge on any atom is -0.377 e. The number of hydrogen-bond donors (Lipinski definition) is 2. The van der Waals surface area contributed by atoms with Gasteiger partial charge in [0.05, 0.1) is 11.0 Å². The fourth-order valence-corrected chi connectivity index (χ4v) is 3.87. The number of sulfonamides is 1. The van der Waals surface area contributed by atoms with Crippen LogP contribution in [0.4, 0.5) is 4.39 Å². The number of carbonyl (C=O) groups excluding carboxylic acids is 1. The van der Waals surface area contributed by atoms with Crippen LogP contribution < -0.4 is 10.0 Å². The first-order chi connectivity index (χ1) is 12.9. The third kappa shape index (κ3) is 5.35. The van der Waals surface area contributed by atoms with Crippen LogP contribution in [0.25, 0.3) is 0 Å². The van der Waals surface area contributed by atoms with Gasteiger partial charge in [-0.3, -0.25) is 4.79 Å². The summed E-state index contributed by atoms with van der Waals surface area (Å²) in [5.41, 5.74) is 0.963. The van der Waals surface area contributed by atoms with Crippen molar-refractivity contribution in [3.05, 3.63) is 65.5 Å². The van der Waals surface area contributed by atoms with Gasteiger partial charge < -0.3 is 10.1 Å². The number of halogens is 1. The fraction of sp³-hybridized carbons (Fsp3) is 0.316. The summed E-state index contributed by atoms with van der Waals surface area (Å²) in [6, 6.07) is 11.6. The first-order valence-corrected chi connectivity index (χ1v) is 10.2. The van der Waals surface area contributed by atoms with Gasteiger partial charge in [0.1, 0.15) is 5.82 Å². The summed E-state index contributed by atoms with van der Waals surface area (Å²) in [4.78, 5) is 12.3. The zero-order chi connectivity index (χ0) is 19.3. The zero-order valence-electron chi connectivity index (χ0n) is 14.7. The van der Waals surface area contributed by atoms with E-state index in [1.165, 1.54) is 36.4 Å². The van der Waals surface area contributed by atoms with Crippen molar-refractivity contribution in [2.24, 2.45) is 0 Å². The Morgan fingerprint density at radius 3 is 2.63 bits per heavy atom. The maximum absolute atomic E-state index is 13.1. The highest BCUT2D eigenvalue weighted by Crippen LogP contribution is 2.14. The monoisotopic (exact) mass is 392 g/mol. The van der Waals surface area contributed by atoms with Gasteiger partial charge in [-0.05, 0) is 54.8 Å². The molecule has 2 aromatic carbocycles. The van der Waals surface area contributed by atoms with Gasteiger partial charge in [0.15, 0.2) is 0 Å². The van der Waals surface area contributed by atoms with Crippen LogP contribution in [0, 0.1) is 5.82 Å². The Labute approximate surface area is 157 Å². The first kappa shape index (κ1) is 19.5. The molecule has 1 amide bonds. The van der Waals surface area contributed by atoms with Gasteiger partial charge in [-0.15, -0.1) is 0 Å². The van der Waals surface area contributed by atoms with Gasteiger partial charge in [0, 0.05) is 25.3 Å². The van der Waals surface area contributed by atoms with Crippen LogP contribution in [0.15, 0.2) is 53.4 Å². The minimum absolute atomic E-state index is 0.0853. The lowest BCUT2D eigenvalue weighted by atomic mass is 10.2.